The number of benzene rings is 2. The average Bonchev–Trinajstić information content (AvgIpc) is 2.70. The number of hydrogen-bond acceptors (Lipinski definition) is 4. The van der Waals surface area contributed by atoms with Crippen LogP contribution in [0.5, 0.6) is 11.5 Å². The van der Waals surface area contributed by atoms with E-state index in [1.165, 1.54) is 0 Å². The molecule has 3 rings (SSSR count). The zero-order valence-corrected chi connectivity index (χ0v) is 16.2. The smallest absolute Gasteiger partial charge is 0.293 e. The van der Waals surface area contributed by atoms with Crippen LogP contribution in [0.3, 0.4) is 0 Å². The van der Waals surface area contributed by atoms with Crippen LogP contribution in [0.2, 0.25) is 0 Å². The lowest BCUT2D eigenvalue weighted by molar-refractivity contribution is -0.129. The van der Waals surface area contributed by atoms with E-state index in [9.17, 15) is 9.90 Å². The van der Waals surface area contributed by atoms with E-state index >= 15 is 0 Å². The molecule has 0 spiro atoms. The largest absolute Gasteiger partial charge is 0.451 e. The fourth-order valence-corrected chi connectivity index (χ4v) is 3.23. The fraction of sp³-hybridized carbons (Fsp3) is 0.409. The molecule has 1 amide bonds. The first-order valence-corrected chi connectivity index (χ1v) is 9.69. The Bertz CT molecular complexity index is 855. The lowest BCUT2D eigenvalue weighted by Gasteiger charge is -2.28. The Morgan fingerprint density at radius 2 is 1.63 bits per heavy atom. The van der Waals surface area contributed by atoms with Gasteiger partial charge < -0.3 is 19.5 Å². The lowest BCUT2D eigenvalue weighted by Crippen LogP contribution is -2.37. The summed E-state index contributed by atoms with van der Waals surface area (Å²) < 4.78 is 12.0. The number of unbranched alkanes of at least 4 members (excludes halogenated alkanes) is 1. The van der Waals surface area contributed by atoms with Crippen LogP contribution in [-0.2, 0) is 4.79 Å². The SMILES string of the molecule is CCCCC(O)C1=C(C(=O)N(CC)CC)Oc2cc3ccccc3cc2O1. The molecule has 27 heavy (non-hydrogen) atoms. The van der Waals surface area contributed by atoms with Crippen molar-refractivity contribution in [1.82, 2.24) is 4.90 Å². The normalized spacial score (nSPS) is 14.4. The van der Waals surface area contributed by atoms with E-state index in [0.29, 0.717) is 31.0 Å². The molecule has 1 heterocycles. The van der Waals surface area contributed by atoms with E-state index in [1.54, 1.807) is 4.90 Å². The van der Waals surface area contributed by atoms with Crippen LogP contribution < -0.4 is 9.47 Å². The molecule has 0 radical (unpaired) electrons. The van der Waals surface area contributed by atoms with Gasteiger partial charge in [0.15, 0.2) is 17.3 Å². The molecule has 5 nitrogen and oxygen atoms in total. The number of aliphatic hydroxyl groups excluding tert-OH is 1. The van der Waals surface area contributed by atoms with Crippen LogP contribution in [-0.4, -0.2) is 35.1 Å². The third-order valence-electron chi connectivity index (χ3n) is 4.85. The van der Waals surface area contributed by atoms with Crippen LogP contribution in [0.25, 0.3) is 10.8 Å². The lowest BCUT2D eigenvalue weighted by atomic mass is 10.1. The van der Waals surface area contributed by atoms with Crippen molar-refractivity contribution in [2.24, 2.45) is 0 Å². The van der Waals surface area contributed by atoms with Gasteiger partial charge in [0.2, 0.25) is 5.76 Å². The van der Waals surface area contributed by atoms with E-state index in [2.05, 4.69) is 6.92 Å². The van der Waals surface area contributed by atoms with Crippen LogP contribution >= 0.6 is 0 Å². The molecule has 0 bridgehead atoms. The van der Waals surface area contributed by atoms with Crippen molar-refractivity contribution < 1.29 is 19.4 Å². The summed E-state index contributed by atoms with van der Waals surface area (Å²) in [6, 6.07) is 11.6. The maximum absolute atomic E-state index is 13.0. The van der Waals surface area contributed by atoms with Crippen LogP contribution in [0.1, 0.15) is 40.0 Å². The number of ether oxygens (including phenoxy) is 2. The molecule has 2 aromatic rings. The van der Waals surface area contributed by atoms with Gasteiger partial charge in [0.25, 0.3) is 5.91 Å². The highest BCUT2D eigenvalue weighted by molar-refractivity contribution is 5.94. The number of hydrogen-bond donors (Lipinski definition) is 1. The fourth-order valence-electron chi connectivity index (χ4n) is 3.23. The molecule has 1 N–H and O–H groups in total. The molecule has 1 atom stereocenters. The first-order valence-electron chi connectivity index (χ1n) is 9.69. The van der Waals surface area contributed by atoms with Crippen molar-refractivity contribution in [2.75, 3.05) is 13.1 Å². The summed E-state index contributed by atoms with van der Waals surface area (Å²) in [4.78, 5) is 14.6. The van der Waals surface area contributed by atoms with E-state index < -0.39 is 6.10 Å². The first kappa shape index (κ1) is 19.2. The number of nitrogens with zero attached hydrogens (tertiary/aromatic N) is 1. The van der Waals surface area contributed by atoms with Crippen molar-refractivity contribution in [2.45, 2.75) is 46.1 Å². The van der Waals surface area contributed by atoms with Crippen LogP contribution in [0.15, 0.2) is 47.9 Å². The number of fused-ring (bicyclic) bond motifs is 2. The summed E-state index contributed by atoms with van der Waals surface area (Å²) in [5.41, 5.74) is 0. The number of aliphatic hydroxyl groups is 1. The second-order valence-corrected chi connectivity index (χ2v) is 6.68. The van der Waals surface area contributed by atoms with Gasteiger partial charge in [-0.25, -0.2) is 0 Å². The molecule has 0 fully saturated rings. The zero-order valence-electron chi connectivity index (χ0n) is 16.2. The van der Waals surface area contributed by atoms with Gasteiger partial charge in [-0.2, -0.15) is 0 Å². The van der Waals surface area contributed by atoms with Crippen LogP contribution in [0.4, 0.5) is 0 Å². The number of carbonyl (C=O) groups excluding carboxylic acids is 1. The summed E-state index contributed by atoms with van der Waals surface area (Å²) in [6.07, 6.45) is 1.43. The van der Waals surface area contributed by atoms with Crippen molar-refractivity contribution in [3.05, 3.63) is 47.9 Å². The van der Waals surface area contributed by atoms with E-state index in [1.807, 2.05) is 50.2 Å². The Kier molecular flexibility index (Phi) is 6.01. The maximum atomic E-state index is 13.0. The molecule has 0 aromatic heterocycles. The molecule has 1 aliphatic heterocycles. The molecule has 0 saturated carbocycles. The standard InChI is InChI=1S/C22H27NO4/c1-4-7-12-17(24)20-21(22(25)23(5-2)6-3)27-19-14-16-11-9-8-10-15(16)13-18(19)26-20/h8-11,13-14,17,24H,4-7,12H2,1-3H3. The molecule has 0 aliphatic carbocycles. The summed E-state index contributed by atoms with van der Waals surface area (Å²) in [5, 5.41) is 12.7. The second kappa shape index (κ2) is 8.44. The van der Waals surface area contributed by atoms with Crippen molar-refractivity contribution in [3.63, 3.8) is 0 Å². The Hall–Kier alpha value is -2.53. The highest BCUT2D eigenvalue weighted by Crippen LogP contribution is 2.40. The molecule has 1 aliphatic rings. The monoisotopic (exact) mass is 369 g/mol. The van der Waals surface area contributed by atoms with Crippen molar-refractivity contribution in [1.29, 1.82) is 0 Å². The molecular formula is C22H27NO4. The third kappa shape index (κ3) is 3.93. The predicted molar refractivity (Wildman–Crippen MR) is 106 cm³/mol. The van der Waals surface area contributed by atoms with Gasteiger partial charge in [0.05, 0.1) is 0 Å². The maximum Gasteiger partial charge on any atom is 0.293 e. The Morgan fingerprint density at radius 3 is 2.19 bits per heavy atom. The predicted octanol–water partition coefficient (Wildman–Crippen LogP) is 4.24. The number of likely N-dealkylation sites (N-methyl/N-ethyl adjacent to an activating group) is 1. The van der Waals surface area contributed by atoms with Gasteiger partial charge in [-0.15, -0.1) is 0 Å². The first-order chi connectivity index (χ1) is 13.1. The van der Waals surface area contributed by atoms with Crippen molar-refractivity contribution >= 4 is 16.7 Å². The summed E-state index contributed by atoms with van der Waals surface area (Å²) in [6.45, 7) is 7.01. The molecule has 1 unspecified atom stereocenters. The highest BCUT2D eigenvalue weighted by Gasteiger charge is 2.33. The van der Waals surface area contributed by atoms with E-state index in [0.717, 1.165) is 23.6 Å². The molecular weight excluding hydrogens is 342 g/mol. The second-order valence-electron chi connectivity index (χ2n) is 6.68. The third-order valence-corrected chi connectivity index (χ3v) is 4.85. The van der Waals surface area contributed by atoms with Gasteiger partial charge in [-0.05, 0) is 43.2 Å². The topological polar surface area (TPSA) is 59.0 Å². The van der Waals surface area contributed by atoms with E-state index in [-0.39, 0.29) is 17.4 Å². The summed E-state index contributed by atoms with van der Waals surface area (Å²) in [5.74, 6) is 1.06. The number of carbonyl (C=O) groups is 1. The molecule has 2 aromatic carbocycles. The van der Waals surface area contributed by atoms with Crippen molar-refractivity contribution in [3.8, 4) is 11.5 Å². The number of rotatable bonds is 7. The minimum Gasteiger partial charge on any atom is -0.451 e. The van der Waals surface area contributed by atoms with Gasteiger partial charge in [0.1, 0.15) is 6.10 Å². The molecule has 0 saturated heterocycles. The quantitative estimate of drug-likeness (QED) is 0.793. The minimum atomic E-state index is -0.876. The van der Waals surface area contributed by atoms with Gasteiger partial charge >= 0.3 is 0 Å². The Balaban J connectivity index is 2.03. The van der Waals surface area contributed by atoms with E-state index in [4.69, 9.17) is 9.47 Å². The molecule has 5 heteroatoms. The Morgan fingerprint density at radius 1 is 1.04 bits per heavy atom. The highest BCUT2D eigenvalue weighted by atomic mass is 16.6. The van der Waals surface area contributed by atoms with Gasteiger partial charge in [0, 0.05) is 13.1 Å². The number of amides is 1. The van der Waals surface area contributed by atoms with Gasteiger partial charge in [-0.1, -0.05) is 44.0 Å². The molecule has 144 valence electrons. The average molecular weight is 369 g/mol. The summed E-state index contributed by atoms with van der Waals surface area (Å²) in [7, 11) is 0. The summed E-state index contributed by atoms with van der Waals surface area (Å²) >= 11 is 0. The zero-order chi connectivity index (χ0) is 19.4. The van der Waals surface area contributed by atoms with Gasteiger partial charge in [-0.3, -0.25) is 4.79 Å². The van der Waals surface area contributed by atoms with Crippen LogP contribution in [0, 0.1) is 0 Å². The minimum absolute atomic E-state index is 0.0880. The Labute approximate surface area is 160 Å².